The third-order valence-electron chi connectivity index (χ3n) is 11.0. The lowest BCUT2D eigenvalue weighted by molar-refractivity contribution is 0.0689. The molecule has 288 valence electrons. The Morgan fingerprint density at radius 1 is 0.679 bits per heavy atom. The fraction of sp³-hybridized carbons (Fsp3) is 0.304. The Kier molecular flexibility index (Phi) is 13.9. The summed E-state index contributed by atoms with van der Waals surface area (Å²) in [6.07, 6.45) is 8.38. The Hall–Kier alpha value is -5.04. The molecule has 0 unspecified atom stereocenters. The van der Waals surface area contributed by atoms with E-state index in [1.54, 1.807) is 24.4 Å². The van der Waals surface area contributed by atoms with Crippen molar-refractivity contribution in [3.05, 3.63) is 170 Å². The van der Waals surface area contributed by atoms with Crippen molar-refractivity contribution in [1.29, 1.82) is 5.26 Å². The Bertz CT molecular complexity index is 2160. The molecule has 2 saturated heterocycles. The number of hydrogen-bond acceptors (Lipinski definition) is 6. The minimum atomic E-state index is -0.572. The quantitative estimate of drug-likeness (QED) is 0.154. The molecule has 1 aromatic heterocycles. The van der Waals surface area contributed by atoms with Crippen LogP contribution in [0, 0.1) is 11.3 Å². The Labute approximate surface area is 340 Å². The fourth-order valence-electron chi connectivity index (χ4n) is 7.61. The molecule has 0 bridgehead atoms. The second-order valence-electron chi connectivity index (χ2n) is 14.6. The summed E-state index contributed by atoms with van der Waals surface area (Å²) in [5.74, 6) is 0.485. The van der Waals surface area contributed by atoms with E-state index in [9.17, 15) is 14.9 Å². The Morgan fingerprint density at radius 3 is 1.98 bits per heavy atom. The molecular formula is C46H48Cl2N6O2. The van der Waals surface area contributed by atoms with Crippen molar-refractivity contribution < 1.29 is 9.59 Å². The van der Waals surface area contributed by atoms with Gasteiger partial charge in [0, 0.05) is 57.2 Å². The van der Waals surface area contributed by atoms with E-state index in [4.69, 9.17) is 34.7 Å². The van der Waals surface area contributed by atoms with Crippen LogP contribution in [0.15, 0.2) is 116 Å². The number of nitriles is 1. The number of benzene rings is 4. The number of piperidine rings is 2. The monoisotopic (exact) mass is 786 g/mol. The topological polar surface area (TPSA) is 129 Å². The number of halogens is 2. The molecule has 0 atom stereocenters. The second-order valence-corrected chi connectivity index (χ2v) is 15.4. The van der Waals surface area contributed by atoms with Gasteiger partial charge in [-0.15, -0.1) is 0 Å². The van der Waals surface area contributed by atoms with Gasteiger partial charge in [-0.05, 0) is 102 Å². The Morgan fingerprint density at radius 2 is 1.30 bits per heavy atom. The molecule has 4 N–H and O–H groups in total. The molecule has 8 nitrogen and oxygen atoms in total. The number of rotatable bonds is 9. The highest BCUT2D eigenvalue weighted by molar-refractivity contribution is 6.42. The number of amides is 2. The van der Waals surface area contributed by atoms with E-state index in [2.05, 4.69) is 41.4 Å². The molecule has 0 aliphatic carbocycles. The number of pyridine rings is 1. The zero-order valence-electron chi connectivity index (χ0n) is 31.5. The molecular weight excluding hydrogens is 739 g/mol. The molecule has 0 spiro atoms. The first-order valence-electron chi connectivity index (χ1n) is 19.2. The summed E-state index contributed by atoms with van der Waals surface area (Å²) in [7, 11) is 0. The molecule has 5 aromatic rings. The maximum Gasteiger partial charge on any atom is 0.255 e. The van der Waals surface area contributed by atoms with E-state index in [0.717, 1.165) is 61.0 Å². The van der Waals surface area contributed by atoms with E-state index in [0.29, 0.717) is 66.1 Å². The summed E-state index contributed by atoms with van der Waals surface area (Å²) in [5.41, 5.74) is 19.0. The summed E-state index contributed by atoms with van der Waals surface area (Å²) in [6, 6.07) is 36.3. The van der Waals surface area contributed by atoms with Crippen molar-refractivity contribution >= 4 is 35.0 Å². The summed E-state index contributed by atoms with van der Waals surface area (Å²) in [5, 5.41) is 10.9. The number of aryl methyl sites for hydroxylation is 2. The molecule has 2 aliphatic rings. The molecule has 10 heteroatoms. The van der Waals surface area contributed by atoms with E-state index in [-0.39, 0.29) is 11.8 Å². The smallest absolute Gasteiger partial charge is 0.255 e. The van der Waals surface area contributed by atoms with E-state index in [1.165, 1.54) is 11.1 Å². The first-order chi connectivity index (χ1) is 27.2. The normalized spacial score (nSPS) is 15.3. The maximum atomic E-state index is 13.1. The van der Waals surface area contributed by atoms with Crippen molar-refractivity contribution in [3.63, 3.8) is 0 Å². The number of carbonyl (C=O) groups is 2. The summed E-state index contributed by atoms with van der Waals surface area (Å²) in [6.45, 7) is 3.60. The van der Waals surface area contributed by atoms with Gasteiger partial charge in [0.15, 0.2) is 0 Å². The summed E-state index contributed by atoms with van der Waals surface area (Å²) >= 11 is 11.9. The van der Waals surface area contributed by atoms with Crippen molar-refractivity contribution in [3.8, 4) is 6.07 Å². The van der Waals surface area contributed by atoms with Crippen molar-refractivity contribution in [1.82, 2.24) is 14.8 Å². The number of likely N-dealkylation sites (tertiary alicyclic amines) is 2. The highest BCUT2D eigenvalue weighted by Gasteiger charge is 2.38. The van der Waals surface area contributed by atoms with Crippen LogP contribution in [0.3, 0.4) is 0 Å². The van der Waals surface area contributed by atoms with Crippen molar-refractivity contribution in [2.75, 3.05) is 26.2 Å². The van der Waals surface area contributed by atoms with Crippen molar-refractivity contribution in [2.24, 2.45) is 11.5 Å². The van der Waals surface area contributed by atoms with Crippen LogP contribution in [0.2, 0.25) is 10.0 Å². The molecule has 4 aromatic carbocycles. The highest BCUT2D eigenvalue weighted by atomic mass is 35.5. The lowest BCUT2D eigenvalue weighted by Crippen LogP contribution is -2.44. The van der Waals surface area contributed by atoms with Crippen molar-refractivity contribution in [2.45, 2.75) is 62.9 Å². The fourth-order valence-corrected chi connectivity index (χ4v) is 7.91. The lowest BCUT2D eigenvalue weighted by atomic mass is 9.73. The lowest BCUT2D eigenvalue weighted by Gasteiger charge is -2.37. The molecule has 2 aliphatic heterocycles. The highest BCUT2D eigenvalue weighted by Crippen LogP contribution is 2.36. The van der Waals surface area contributed by atoms with Crippen LogP contribution in [0.4, 0.5) is 0 Å². The van der Waals surface area contributed by atoms with Gasteiger partial charge in [-0.2, -0.15) is 5.26 Å². The van der Waals surface area contributed by atoms with E-state index < -0.39 is 5.41 Å². The summed E-state index contributed by atoms with van der Waals surface area (Å²) < 4.78 is 0. The van der Waals surface area contributed by atoms with E-state index >= 15 is 0 Å². The molecule has 2 fully saturated rings. The largest absolute Gasteiger partial charge is 0.339 e. The van der Waals surface area contributed by atoms with Gasteiger partial charge >= 0.3 is 0 Å². The average Bonchev–Trinajstić information content (AvgIpc) is 3.27. The van der Waals surface area contributed by atoms with Crippen LogP contribution in [0.1, 0.15) is 85.7 Å². The molecule has 7 rings (SSSR count). The third kappa shape index (κ3) is 10.0. The first kappa shape index (κ1) is 40.6. The van der Waals surface area contributed by atoms with Gasteiger partial charge in [0.1, 0.15) is 0 Å². The van der Waals surface area contributed by atoms with Crippen LogP contribution in [0.25, 0.3) is 0 Å². The number of carbonyl (C=O) groups excluding carboxylic acids is 2. The van der Waals surface area contributed by atoms with Crippen LogP contribution in [-0.2, 0) is 31.3 Å². The molecule has 0 radical (unpaired) electrons. The minimum absolute atomic E-state index is 0.0127. The van der Waals surface area contributed by atoms with Crippen LogP contribution in [-0.4, -0.2) is 52.8 Å². The Balaban J connectivity index is 0.000000198. The molecule has 2 amide bonds. The number of aromatic nitrogens is 1. The van der Waals surface area contributed by atoms with Gasteiger partial charge in [0.25, 0.3) is 11.8 Å². The van der Waals surface area contributed by atoms with Gasteiger partial charge < -0.3 is 21.3 Å². The minimum Gasteiger partial charge on any atom is -0.339 e. The third-order valence-corrected chi connectivity index (χ3v) is 11.8. The molecule has 3 heterocycles. The zero-order chi connectivity index (χ0) is 39.5. The van der Waals surface area contributed by atoms with Gasteiger partial charge in [0.05, 0.1) is 27.1 Å². The first-order valence-corrected chi connectivity index (χ1v) is 20.0. The maximum absolute atomic E-state index is 13.1. The van der Waals surface area contributed by atoms with Gasteiger partial charge in [-0.25, -0.2) is 0 Å². The number of hydrogen-bond donors (Lipinski definition) is 2. The molecule has 56 heavy (non-hydrogen) atoms. The SMILES string of the molecule is N#CC1(c2cccc(CN)c2)CCN(C(=O)c2cncc(CCc3ccccc3)c2)CC1.NCc1cccc(C2CCN(C(=O)c3ccc(Cl)c(Cl)c3)CC2)c1. The van der Waals surface area contributed by atoms with Crippen LogP contribution >= 0.6 is 23.2 Å². The van der Waals surface area contributed by atoms with Gasteiger partial charge in [-0.1, -0.05) is 102 Å². The second kappa shape index (κ2) is 19.2. The van der Waals surface area contributed by atoms with Gasteiger partial charge in [-0.3, -0.25) is 14.6 Å². The summed E-state index contributed by atoms with van der Waals surface area (Å²) in [4.78, 5) is 33.8. The molecule has 0 saturated carbocycles. The average molecular weight is 788 g/mol. The predicted molar refractivity (Wildman–Crippen MR) is 224 cm³/mol. The van der Waals surface area contributed by atoms with Crippen LogP contribution < -0.4 is 11.5 Å². The predicted octanol–water partition coefficient (Wildman–Crippen LogP) is 8.49. The zero-order valence-corrected chi connectivity index (χ0v) is 33.1. The number of nitrogens with two attached hydrogens (primary N) is 2. The number of nitrogens with zero attached hydrogens (tertiary/aromatic N) is 4. The standard InChI is InChI=1S/C27H28N4O.C19H20Cl2N2O/c28-17-22-7-4-8-25(16-22)27(20-29)11-13-31(14-12-27)26(32)24-15-23(18-30-19-24)10-9-21-5-2-1-3-6-21;20-17-5-4-16(11-18(17)21)19(24)23-8-6-14(7-9-23)15-3-1-2-13(10-15)12-22/h1-8,15-16,18-19H,9-14,17,28H2;1-5,10-11,14H,6-9,12,22H2. The van der Waals surface area contributed by atoms with Crippen LogP contribution in [0.5, 0.6) is 0 Å². The van der Waals surface area contributed by atoms with E-state index in [1.807, 2.05) is 70.6 Å². The van der Waals surface area contributed by atoms with Gasteiger partial charge in [0.2, 0.25) is 0 Å².